The molecule has 0 heterocycles. The first kappa shape index (κ1) is 16.3. The molecule has 2 heteroatoms. The third kappa shape index (κ3) is 3.56. The molecule has 1 unspecified atom stereocenters. The number of carbonyl (C=O) groups is 1. The summed E-state index contributed by atoms with van der Waals surface area (Å²) in [6, 6.07) is 14.3. The van der Waals surface area contributed by atoms with Crippen molar-refractivity contribution in [3.8, 4) is 11.1 Å². The Bertz CT molecular complexity index is 659. The van der Waals surface area contributed by atoms with E-state index < -0.39 is 11.9 Å². The molecular weight excluding hydrogens is 272 g/mol. The second kappa shape index (κ2) is 7.26. The van der Waals surface area contributed by atoms with Crippen molar-refractivity contribution in [2.45, 2.75) is 46.0 Å². The van der Waals surface area contributed by atoms with E-state index in [2.05, 4.69) is 32.0 Å². The summed E-state index contributed by atoms with van der Waals surface area (Å²) in [5.41, 5.74) is 5.67. The monoisotopic (exact) mass is 296 g/mol. The van der Waals surface area contributed by atoms with Crippen LogP contribution in [0.4, 0.5) is 0 Å². The maximum atomic E-state index is 11.3. The van der Waals surface area contributed by atoms with Gasteiger partial charge in [-0.05, 0) is 54.5 Å². The highest BCUT2D eigenvalue weighted by atomic mass is 16.4. The molecular formula is C20H24O2. The van der Waals surface area contributed by atoms with Gasteiger partial charge in [0, 0.05) is 0 Å². The summed E-state index contributed by atoms with van der Waals surface area (Å²) in [6.07, 6.45) is 3.43. The Balaban J connectivity index is 2.46. The molecule has 0 aliphatic heterocycles. The minimum atomic E-state index is -0.786. The first-order chi connectivity index (χ1) is 10.5. The van der Waals surface area contributed by atoms with E-state index in [1.165, 1.54) is 24.0 Å². The number of benzene rings is 2. The van der Waals surface area contributed by atoms with Gasteiger partial charge in [-0.3, -0.25) is 4.79 Å². The Labute approximate surface area is 132 Å². The smallest absolute Gasteiger partial charge is 0.310 e. The van der Waals surface area contributed by atoms with Crippen LogP contribution >= 0.6 is 0 Å². The van der Waals surface area contributed by atoms with E-state index in [1.54, 1.807) is 6.92 Å². The van der Waals surface area contributed by atoms with Crippen LogP contribution in [0.5, 0.6) is 0 Å². The molecule has 0 aliphatic carbocycles. The predicted octanol–water partition coefficient (Wildman–Crippen LogP) is 5.19. The molecule has 116 valence electrons. The topological polar surface area (TPSA) is 37.3 Å². The Morgan fingerprint density at radius 1 is 1.18 bits per heavy atom. The van der Waals surface area contributed by atoms with Crippen molar-refractivity contribution in [1.82, 2.24) is 0 Å². The quantitative estimate of drug-likeness (QED) is 0.796. The second-order valence-corrected chi connectivity index (χ2v) is 5.89. The molecule has 0 aromatic heterocycles. The lowest BCUT2D eigenvalue weighted by Crippen LogP contribution is -2.08. The summed E-state index contributed by atoms with van der Waals surface area (Å²) in [4.78, 5) is 11.3. The molecule has 1 N–H and O–H groups in total. The number of aryl methyl sites for hydroxylation is 2. The van der Waals surface area contributed by atoms with Gasteiger partial charge in [-0.2, -0.15) is 0 Å². The van der Waals surface area contributed by atoms with Crippen LogP contribution in [0.1, 0.15) is 49.3 Å². The van der Waals surface area contributed by atoms with Gasteiger partial charge in [-0.25, -0.2) is 0 Å². The molecule has 2 rings (SSSR count). The van der Waals surface area contributed by atoms with Gasteiger partial charge in [-0.1, -0.05) is 55.8 Å². The average Bonchev–Trinajstić information content (AvgIpc) is 2.53. The number of unbranched alkanes of at least 4 members (excludes halogenated alkanes) is 1. The highest BCUT2D eigenvalue weighted by Gasteiger charge is 2.18. The molecule has 2 aromatic rings. The van der Waals surface area contributed by atoms with Crippen molar-refractivity contribution in [3.05, 3.63) is 59.2 Å². The third-order valence-electron chi connectivity index (χ3n) is 4.26. The van der Waals surface area contributed by atoms with E-state index in [0.29, 0.717) is 0 Å². The molecule has 0 amide bonds. The van der Waals surface area contributed by atoms with Crippen LogP contribution in [-0.4, -0.2) is 11.1 Å². The van der Waals surface area contributed by atoms with Crippen LogP contribution in [0.2, 0.25) is 0 Å². The summed E-state index contributed by atoms with van der Waals surface area (Å²) >= 11 is 0. The number of hydrogen-bond donors (Lipinski definition) is 1. The molecule has 0 saturated carbocycles. The molecule has 0 spiro atoms. The predicted molar refractivity (Wildman–Crippen MR) is 91.3 cm³/mol. The molecule has 2 nitrogen and oxygen atoms in total. The summed E-state index contributed by atoms with van der Waals surface area (Å²) in [6.45, 7) is 6.08. The molecule has 1 atom stereocenters. The lowest BCUT2D eigenvalue weighted by atomic mass is 9.89. The highest BCUT2D eigenvalue weighted by molar-refractivity contribution is 5.81. The van der Waals surface area contributed by atoms with E-state index in [0.717, 1.165) is 23.1 Å². The van der Waals surface area contributed by atoms with Gasteiger partial charge in [0.05, 0.1) is 5.92 Å². The maximum Gasteiger partial charge on any atom is 0.310 e. The average molecular weight is 296 g/mol. The highest BCUT2D eigenvalue weighted by Crippen LogP contribution is 2.31. The van der Waals surface area contributed by atoms with E-state index in [1.807, 2.05) is 24.3 Å². The summed E-state index contributed by atoms with van der Waals surface area (Å²) in [5, 5.41) is 9.32. The van der Waals surface area contributed by atoms with Crippen LogP contribution in [0.3, 0.4) is 0 Å². The van der Waals surface area contributed by atoms with Crippen LogP contribution < -0.4 is 0 Å². The Morgan fingerprint density at radius 3 is 2.59 bits per heavy atom. The van der Waals surface area contributed by atoms with Gasteiger partial charge in [0.1, 0.15) is 0 Å². The fourth-order valence-electron chi connectivity index (χ4n) is 2.75. The number of rotatable bonds is 6. The molecule has 22 heavy (non-hydrogen) atoms. The van der Waals surface area contributed by atoms with Crippen LogP contribution in [0.15, 0.2) is 42.5 Å². The van der Waals surface area contributed by atoms with E-state index >= 15 is 0 Å². The number of carboxylic acids is 1. The largest absolute Gasteiger partial charge is 0.481 e. The second-order valence-electron chi connectivity index (χ2n) is 5.89. The van der Waals surface area contributed by atoms with Gasteiger partial charge in [-0.15, -0.1) is 0 Å². The van der Waals surface area contributed by atoms with E-state index in [-0.39, 0.29) is 0 Å². The normalized spacial score (nSPS) is 12.1. The summed E-state index contributed by atoms with van der Waals surface area (Å²) in [5.74, 6) is -1.29. The van der Waals surface area contributed by atoms with Crippen molar-refractivity contribution in [3.63, 3.8) is 0 Å². The van der Waals surface area contributed by atoms with Gasteiger partial charge >= 0.3 is 5.97 Å². The van der Waals surface area contributed by atoms with Crippen LogP contribution in [0, 0.1) is 6.92 Å². The lowest BCUT2D eigenvalue weighted by Gasteiger charge is -2.15. The maximum absolute atomic E-state index is 11.3. The lowest BCUT2D eigenvalue weighted by molar-refractivity contribution is -0.138. The molecule has 0 bridgehead atoms. The van der Waals surface area contributed by atoms with Crippen molar-refractivity contribution >= 4 is 5.97 Å². The van der Waals surface area contributed by atoms with Crippen molar-refractivity contribution in [2.24, 2.45) is 0 Å². The third-order valence-corrected chi connectivity index (χ3v) is 4.26. The summed E-state index contributed by atoms with van der Waals surface area (Å²) < 4.78 is 0. The first-order valence-electron chi connectivity index (χ1n) is 7.96. The van der Waals surface area contributed by atoms with Gasteiger partial charge < -0.3 is 5.11 Å². The SMILES string of the molecule is CCCCc1cc(-c2ccccc2C(C)C(=O)O)ccc1C. The van der Waals surface area contributed by atoms with Gasteiger partial charge in [0.25, 0.3) is 0 Å². The Morgan fingerprint density at radius 2 is 1.91 bits per heavy atom. The fourth-order valence-corrected chi connectivity index (χ4v) is 2.75. The van der Waals surface area contributed by atoms with Gasteiger partial charge in [0.2, 0.25) is 0 Å². The number of hydrogen-bond acceptors (Lipinski definition) is 1. The molecule has 2 aromatic carbocycles. The van der Waals surface area contributed by atoms with Crippen LogP contribution in [0.25, 0.3) is 11.1 Å². The van der Waals surface area contributed by atoms with E-state index in [9.17, 15) is 9.90 Å². The zero-order chi connectivity index (χ0) is 16.1. The van der Waals surface area contributed by atoms with Crippen molar-refractivity contribution < 1.29 is 9.90 Å². The summed E-state index contributed by atoms with van der Waals surface area (Å²) in [7, 11) is 0. The first-order valence-corrected chi connectivity index (χ1v) is 7.96. The van der Waals surface area contributed by atoms with Crippen molar-refractivity contribution in [1.29, 1.82) is 0 Å². The molecule has 0 fully saturated rings. The molecule has 0 radical (unpaired) electrons. The zero-order valence-corrected chi connectivity index (χ0v) is 13.6. The fraction of sp³-hybridized carbons (Fsp3) is 0.350. The zero-order valence-electron chi connectivity index (χ0n) is 13.6. The number of carboxylic acid groups (broad SMARTS) is 1. The Kier molecular flexibility index (Phi) is 5.37. The van der Waals surface area contributed by atoms with E-state index in [4.69, 9.17) is 0 Å². The Hall–Kier alpha value is -2.09. The van der Waals surface area contributed by atoms with Gasteiger partial charge in [0.15, 0.2) is 0 Å². The minimum Gasteiger partial charge on any atom is -0.481 e. The molecule has 0 aliphatic rings. The number of aliphatic carboxylic acids is 1. The van der Waals surface area contributed by atoms with Crippen LogP contribution in [-0.2, 0) is 11.2 Å². The molecule has 0 saturated heterocycles. The van der Waals surface area contributed by atoms with Crippen molar-refractivity contribution in [2.75, 3.05) is 0 Å². The standard InChI is InChI=1S/C20H24O2/c1-4-5-8-16-13-17(12-11-14(16)2)19-10-7-6-9-18(19)15(3)20(21)22/h6-7,9-13,15H,4-5,8H2,1-3H3,(H,21,22). The minimum absolute atomic E-state index is 0.503.